The van der Waals surface area contributed by atoms with Crippen molar-refractivity contribution in [2.45, 2.75) is 58.4 Å². The monoisotopic (exact) mass is 304 g/mol. The highest BCUT2D eigenvalue weighted by Gasteiger charge is 2.23. The van der Waals surface area contributed by atoms with Gasteiger partial charge in [0.05, 0.1) is 12.3 Å². The number of hydrogen-bond acceptors (Lipinski definition) is 3. The Morgan fingerprint density at radius 2 is 2.14 bits per heavy atom. The number of unbranched alkanes of at least 4 members (excludes halogenated alkanes) is 1. The lowest BCUT2D eigenvalue weighted by atomic mass is 9.86. The van der Waals surface area contributed by atoms with E-state index in [9.17, 15) is 4.79 Å². The Hall–Kier alpha value is -1.71. The highest BCUT2D eigenvalue weighted by molar-refractivity contribution is 5.95. The van der Waals surface area contributed by atoms with Gasteiger partial charge in [-0.3, -0.25) is 4.79 Å². The van der Waals surface area contributed by atoms with Crippen LogP contribution in [0.25, 0.3) is 0 Å². The standard InChI is InChI=1S/C18H28N2O2/c1-3-4-11-22-17-12-14(9-10-15(17)19)18(21)20-16-8-6-5-7-13(16)2/h9-10,12-13,16H,3-8,11,19H2,1-2H3,(H,20,21). The molecular weight excluding hydrogens is 276 g/mol. The minimum absolute atomic E-state index is 0.0286. The molecule has 1 saturated carbocycles. The molecule has 1 aromatic carbocycles. The predicted octanol–water partition coefficient (Wildman–Crippen LogP) is 3.76. The van der Waals surface area contributed by atoms with Crippen LogP contribution in [0.3, 0.4) is 0 Å². The number of benzene rings is 1. The van der Waals surface area contributed by atoms with Gasteiger partial charge in [0.1, 0.15) is 5.75 Å². The minimum Gasteiger partial charge on any atom is -0.491 e. The summed E-state index contributed by atoms with van der Waals surface area (Å²) >= 11 is 0. The summed E-state index contributed by atoms with van der Waals surface area (Å²) in [7, 11) is 0. The summed E-state index contributed by atoms with van der Waals surface area (Å²) in [4.78, 5) is 12.4. The molecule has 1 fully saturated rings. The SMILES string of the molecule is CCCCOc1cc(C(=O)NC2CCCCC2C)ccc1N. The molecule has 4 heteroatoms. The lowest BCUT2D eigenvalue weighted by Gasteiger charge is -2.29. The lowest BCUT2D eigenvalue weighted by molar-refractivity contribution is 0.0910. The van der Waals surface area contributed by atoms with Crippen LogP contribution in [0.15, 0.2) is 18.2 Å². The molecule has 2 atom stereocenters. The molecule has 0 radical (unpaired) electrons. The molecule has 1 aromatic rings. The Morgan fingerprint density at radius 1 is 1.36 bits per heavy atom. The van der Waals surface area contributed by atoms with Gasteiger partial charge in [-0.05, 0) is 43.4 Å². The molecule has 0 bridgehead atoms. The van der Waals surface area contributed by atoms with Crippen molar-refractivity contribution in [3.8, 4) is 5.75 Å². The molecular formula is C18H28N2O2. The number of nitrogens with two attached hydrogens (primary N) is 1. The minimum atomic E-state index is -0.0286. The van der Waals surface area contributed by atoms with Gasteiger partial charge in [-0.25, -0.2) is 0 Å². The van der Waals surface area contributed by atoms with E-state index in [1.807, 2.05) is 0 Å². The number of anilines is 1. The van der Waals surface area contributed by atoms with Crippen LogP contribution in [-0.2, 0) is 0 Å². The first kappa shape index (κ1) is 16.7. The smallest absolute Gasteiger partial charge is 0.251 e. The summed E-state index contributed by atoms with van der Waals surface area (Å²) in [6, 6.07) is 5.56. The molecule has 1 aliphatic carbocycles. The van der Waals surface area contributed by atoms with Crippen LogP contribution in [0.2, 0.25) is 0 Å². The quantitative estimate of drug-likeness (QED) is 0.621. The fourth-order valence-corrected chi connectivity index (χ4v) is 2.91. The summed E-state index contributed by atoms with van der Waals surface area (Å²) in [5.41, 5.74) is 7.13. The Kier molecular flexibility index (Phi) is 6.10. The molecule has 3 N–H and O–H groups in total. The second-order valence-electron chi connectivity index (χ2n) is 6.30. The normalized spacial score (nSPS) is 21.4. The van der Waals surface area contributed by atoms with Crippen molar-refractivity contribution < 1.29 is 9.53 Å². The lowest BCUT2D eigenvalue weighted by Crippen LogP contribution is -2.41. The van der Waals surface area contributed by atoms with E-state index in [4.69, 9.17) is 10.5 Å². The number of nitrogen functional groups attached to an aromatic ring is 1. The van der Waals surface area contributed by atoms with Crippen LogP contribution in [0.1, 0.15) is 62.7 Å². The molecule has 0 heterocycles. The van der Waals surface area contributed by atoms with E-state index in [1.54, 1.807) is 18.2 Å². The molecule has 22 heavy (non-hydrogen) atoms. The second kappa shape index (κ2) is 8.06. The van der Waals surface area contributed by atoms with Gasteiger partial charge in [0.15, 0.2) is 0 Å². The van der Waals surface area contributed by atoms with Gasteiger partial charge in [-0.2, -0.15) is 0 Å². The maximum Gasteiger partial charge on any atom is 0.251 e. The number of carbonyl (C=O) groups is 1. The average Bonchev–Trinajstić information content (AvgIpc) is 2.51. The first-order valence-electron chi connectivity index (χ1n) is 8.45. The van der Waals surface area contributed by atoms with E-state index in [0.717, 1.165) is 19.3 Å². The Balaban J connectivity index is 2.01. The summed E-state index contributed by atoms with van der Waals surface area (Å²) in [5, 5.41) is 3.16. The molecule has 122 valence electrons. The van der Waals surface area contributed by atoms with E-state index in [2.05, 4.69) is 19.2 Å². The van der Waals surface area contributed by atoms with Crippen LogP contribution >= 0.6 is 0 Å². The number of nitrogens with one attached hydrogen (secondary N) is 1. The van der Waals surface area contributed by atoms with Gasteiger partial charge in [0.2, 0.25) is 0 Å². The van der Waals surface area contributed by atoms with Gasteiger partial charge in [0, 0.05) is 11.6 Å². The number of amides is 1. The second-order valence-corrected chi connectivity index (χ2v) is 6.30. The number of ether oxygens (including phenoxy) is 1. The Labute approximate surface area is 133 Å². The van der Waals surface area contributed by atoms with Gasteiger partial charge in [-0.1, -0.05) is 33.1 Å². The van der Waals surface area contributed by atoms with Crippen molar-refractivity contribution in [2.75, 3.05) is 12.3 Å². The van der Waals surface area contributed by atoms with E-state index in [-0.39, 0.29) is 11.9 Å². The maximum atomic E-state index is 12.4. The van der Waals surface area contributed by atoms with E-state index in [0.29, 0.717) is 29.5 Å². The molecule has 0 saturated heterocycles. The van der Waals surface area contributed by atoms with Crippen LogP contribution in [0, 0.1) is 5.92 Å². The Bertz CT molecular complexity index is 502. The Morgan fingerprint density at radius 3 is 2.86 bits per heavy atom. The molecule has 1 amide bonds. The number of rotatable bonds is 6. The van der Waals surface area contributed by atoms with Crippen molar-refractivity contribution >= 4 is 11.6 Å². The van der Waals surface area contributed by atoms with E-state index < -0.39 is 0 Å². The van der Waals surface area contributed by atoms with Crippen LogP contribution < -0.4 is 15.8 Å². The van der Waals surface area contributed by atoms with Crippen LogP contribution in [-0.4, -0.2) is 18.6 Å². The van der Waals surface area contributed by atoms with E-state index >= 15 is 0 Å². The average molecular weight is 304 g/mol. The van der Waals surface area contributed by atoms with Crippen molar-refractivity contribution in [3.05, 3.63) is 23.8 Å². The summed E-state index contributed by atoms with van der Waals surface area (Å²) in [6.45, 7) is 4.96. The highest BCUT2D eigenvalue weighted by Crippen LogP contribution is 2.26. The summed E-state index contributed by atoms with van der Waals surface area (Å²) in [6.07, 6.45) is 6.78. The maximum absolute atomic E-state index is 12.4. The van der Waals surface area contributed by atoms with Crippen molar-refractivity contribution in [1.82, 2.24) is 5.32 Å². The summed E-state index contributed by atoms with van der Waals surface area (Å²) in [5.74, 6) is 1.13. The van der Waals surface area contributed by atoms with E-state index in [1.165, 1.54) is 19.3 Å². The molecule has 0 aromatic heterocycles. The molecule has 0 aliphatic heterocycles. The fraction of sp³-hybridized carbons (Fsp3) is 0.611. The third-order valence-corrected chi connectivity index (χ3v) is 4.46. The third kappa shape index (κ3) is 4.39. The summed E-state index contributed by atoms with van der Waals surface area (Å²) < 4.78 is 5.67. The largest absolute Gasteiger partial charge is 0.491 e. The zero-order valence-corrected chi connectivity index (χ0v) is 13.7. The topological polar surface area (TPSA) is 64.3 Å². The number of hydrogen-bond donors (Lipinski definition) is 2. The molecule has 2 unspecified atom stereocenters. The first-order valence-corrected chi connectivity index (χ1v) is 8.45. The first-order chi connectivity index (χ1) is 10.6. The van der Waals surface area contributed by atoms with Crippen molar-refractivity contribution in [2.24, 2.45) is 5.92 Å². The molecule has 4 nitrogen and oxygen atoms in total. The molecule has 0 spiro atoms. The van der Waals surface area contributed by atoms with Crippen molar-refractivity contribution in [3.63, 3.8) is 0 Å². The van der Waals surface area contributed by atoms with Gasteiger partial charge < -0.3 is 15.8 Å². The zero-order valence-electron chi connectivity index (χ0n) is 13.7. The van der Waals surface area contributed by atoms with Crippen LogP contribution in [0.4, 0.5) is 5.69 Å². The van der Waals surface area contributed by atoms with Crippen molar-refractivity contribution in [1.29, 1.82) is 0 Å². The molecule has 1 aliphatic rings. The number of carbonyl (C=O) groups excluding carboxylic acids is 1. The third-order valence-electron chi connectivity index (χ3n) is 4.46. The van der Waals surface area contributed by atoms with Gasteiger partial charge in [-0.15, -0.1) is 0 Å². The van der Waals surface area contributed by atoms with Gasteiger partial charge in [0.25, 0.3) is 5.91 Å². The highest BCUT2D eigenvalue weighted by atomic mass is 16.5. The van der Waals surface area contributed by atoms with Gasteiger partial charge >= 0.3 is 0 Å². The molecule has 2 rings (SSSR count). The predicted molar refractivity (Wildman–Crippen MR) is 90.1 cm³/mol. The zero-order chi connectivity index (χ0) is 15.9. The van der Waals surface area contributed by atoms with Crippen LogP contribution in [0.5, 0.6) is 5.75 Å². The fourth-order valence-electron chi connectivity index (χ4n) is 2.91.